The van der Waals surface area contributed by atoms with Crippen LogP contribution in [0.25, 0.3) is 0 Å². The molecule has 0 radical (unpaired) electrons. The topological polar surface area (TPSA) is 42.4 Å². The molecule has 2 rings (SSSR count). The monoisotopic (exact) mass is 194 g/mol. The summed E-state index contributed by atoms with van der Waals surface area (Å²) >= 11 is 0. The second-order valence-electron chi connectivity index (χ2n) is 4.06. The molecule has 78 valence electrons. The summed E-state index contributed by atoms with van der Waals surface area (Å²) in [4.78, 5) is 2.42. The fourth-order valence-corrected chi connectivity index (χ4v) is 2.25. The molecule has 0 amide bonds. The third kappa shape index (κ3) is 1.83. The van der Waals surface area contributed by atoms with Crippen molar-refractivity contribution >= 4 is 0 Å². The van der Waals surface area contributed by atoms with Crippen LogP contribution in [0.15, 0.2) is 22.8 Å². The average Bonchev–Trinajstić information content (AvgIpc) is 2.75. The number of hydrogen-bond donors (Lipinski definition) is 1. The Hall–Kier alpha value is -0.800. The van der Waals surface area contributed by atoms with Gasteiger partial charge in [0.1, 0.15) is 5.76 Å². The first-order valence-electron chi connectivity index (χ1n) is 5.32. The molecule has 14 heavy (non-hydrogen) atoms. The largest absolute Gasteiger partial charge is 0.468 e. The highest BCUT2D eigenvalue weighted by Crippen LogP contribution is 2.27. The number of likely N-dealkylation sites (tertiary alicyclic amines) is 1. The number of nitrogens with zero attached hydrogens (tertiary/aromatic N) is 1. The van der Waals surface area contributed by atoms with E-state index in [2.05, 4.69) is 4.90 Å². The first-order valence-corrected chi connectivity index (χ1v) is 5.32. The minimum absolute atomic E-state index is 0.124. The molecule has 1 fully saturated rings. The molecule has 3 heteroatoms. The zero-order chi connectivity index (χ0) is 9.97. The fraction of sp³-hybridized carbons (Fsp3) is 0.636. The van der Waals surface area contributed by atoms with E-state index in [0.717, 1.165) is 18.8 Å². The molecule has 2 N–H and O–H groups in total. The molecule has 0 aliphatic carbocycles. The fourth-order valence-electron chi connectivity index (χ4n) is 2.25. The Kier molecular flexibility index (Phi) is 2.89. The van der Waals surface area contributed by atoms with Crippen LogP contribution >= 0.6 is 0 Å². The molecule has 1 aliphatic heterocycles. The van der Waals surface area contributed by atoms with Gasteiger partial charge in [0.15, 0.2) is 0 Å². The van der Waals surface area contributed by atoms with Crippen molar-refractivity contribution in [2.75, 3.05) is 13.1 Å². The molecular weight excluding hydrogens is 176 g/mol. The van der Waals surface area contributed by atoms with Crippen molar-refractivity contribution in [1.29, 1.82) is 0 Å². The maximum atomic E-state index is 6.01. The molecule has 1 aromatic rings. The van der Waals surface area contributed by atoms with Crippen molar-refractivity contribution in [3.63, 3.8) is 0 Å². The van der Waals surface area contributed by atoms with Crippen molar-refractivity contribution in [2.45, 2.75) is 31.8 Å². The summed E-state index contributed by atoms with van der Waals surface area (Å²) in [6, 6.07) is 4.33. The SMILES string of the molecule is CC(N)C(c1ccco1)N1CCCC1. The summed E-state index contributed by atoms with van der Waals surface area (Å²) in [6.07, 6.45) is 4.29. The highest BCUT2D eigenvalue weighted by molar-refractivity contribution is 5.07. The molecule has 0 bridgehead atoms. The third-order valence-corrected chi connectivity index (χ3v) is 2.87. The second kappa shape index (κ2) is 4.15. The Balaban J connectivity index is 2.15. The van der Waals surface area contributed by atoms with Crippen LogP contribution < -0.4 is 5.73 Å². The minimum atomic E-state index is 0.124. The minimum Gasteiger partial charge on any atom is -0.468 e. The van der Waals surface area contributed by atoms with E-state index in [4.69, 9.17) is 10.2 Å². The maximum absolute atomic E-state index is 6.01. The molecule has 0 saturated carbocycles. The lowest BCUT2D eigenvalue weighted by atomic mass is 10.1. The zero-order valence-electron chi connectivity index (χ0n) is 8.65. The Morgan fingerprint density at radius 1 is 1.43 bits per heavy atom. The highest BCUT2D eigenvalue weighted by atomic mass is 16.3. The quantitative estimate of drug-likeness (QED) is 0.797. The van der Waals surface area contributed by atoms with Crippen LogP contribution in [0.3, 0.4) is 0 Å². The van der Waals surface area contributed by atoms with Crippen molar-refractivity contribution < 1.29 is 4.42 Å². The smallest absolute Gasteiger partial charge is 0.122 e. The van der Waals surface area contributed by atoms with Crippen molar-refractivity contribution in [3.05, 3.63) is 24.2 Å². The van der Waals surface area contributed by atoms with Crippen LogP contribution in [-0.2, 0) is 0 Å². The van der Waals surface area contributed by atoms with Gasteiger partial charge in [-0.1, -0.05) is 0 Å². The molecule has 0 aromatic carbocycles. The third-order valence-electron chi connectivity index (χ3n) is 2.87. The van der Waals surface area contributed by atoms with Gasteiger partial charge >= 0.3 is 0 Å². The number of rotatable bonds is 3. The Morgan fingerprint density at radius 2 is 2.14 bits per heavy atom. The van der Waals surface area contributed by atoms with Crippen LogP contribution in [0.1, 0.15) is 31.6 Å². The van der Waals surface area contributed by atoms with Gasteiger partial charge in [-0.15, -0.1) is 0 Å². The van der Waals surface area contributed by atoms with Gasteiger partial charge in [0.25, 0.3) is 0 Å². The molecule has 2 heterocycles. The van der Waals surface area contributed by atoms with E-state index in [1.54, 1.807) is 6.26 Å². The summed E-state index contributed by atoms with van der Waals surface area (Å²) < 4.78 is 5.45. The predicted octanol–water partition coefficient (Wildman–Crippen LogP) is 1.76. The number of furan rings is 1. The summed E-state index contributed by atoms with van der Waals surface area (Å²) in [5, 5.41) is 0. The van der Waals surface area contributed by atoms with Crippen molar-refractivity contribution in [2.24, 2.45) is 5.73 Å². The summed E-state index contributed by atoms with van der Waals surface area (Å²) in [5.74, 6) is 1.00. The van der Waals surface area contributed by atoms with Gasteiger partial charge in [0, 0.05) is 6.04 Å². The van der Waals surface area contributed by atoms with Crippen LogP contribution in [0.2, 0.25) is 0 Å². The molecule has 2 atom stereocenters. The number of hydrogen-bond acceptors (Lipinski definition) is 3. The molecule has 1 aliphatic rings. The van der Waals surface area contributed by atoms with Gasteiger partial charge in [-0.05, 0) is 45.0 Å². The van der Waals surface area contributed by atoms with Gasteiger partial charge < -0.3 is 10.2 Å². The summed E-state index contributed by atoms with van der Waals surface area (Å²) in [7, 11) is 0. The van der Waals surface area contributed by atoms with Gasteiger partial charge in [-0.25, -0.2) is 0 Å². The summed E-state index contributed by atoms with van der Waals surface area (Å²) in [6.45, 7) is 4.34. The van der Waals surface area contributed by atoms with E-state index < -0.39 is 0 Å². The summed E-state index contributed by atoms with van der Waals surface area (Å²) in [5.41, 5.74) is 6.01. The Morgan fingerprint density at radius 3 is 2.64 bits per heavy atom. The molecular formula is C11H18N2O. The zero-order valence-corrected chi connectivity index (χ0v) is 8.65. The van der Waals surface area contributed by atoms with E-state index in [1.807, 2.05) is 19.1 Å². The molecule has 3 nitrogen and oxygen atoms in total. The van der Waals surface area contributed by atoms with Crippen LogP contribution in [0.5, 0.6) is 0 Å². The van der Waals surface area contributed by atoms with E-state index in [0.29, 0.717) is 0 Å². The molecule has 1 saturated heterocycles. The van der Waals surface area contributed by atoms with Gasteiger partial charge in [-0.2, -0.15) is 0 Å². The van der Waals surface area contributed by atoms with E-state index in [1.165, 1.54) is 12.8 Å². The lowest BCUT2D eigenvalue weighted by Crippen LogP contribution is -2.37. The van der Waals surface area contributed by atoms with Gasteiger partial charge in [0.05, 0.1) is 12.3 Å². The van der Waals surface area contributed by atoms with Crippen molar-refractivity contribution in [3.8, 4) is 0 Å². The Bertz CT molecular complexity index is 263. The first-order chi connectivity index (χ1) is 6.79. The van der Waals surface area contributed by atoms with Gasteiger partial charge in [0.2, 0.25) is 0 Å². The van der Waals surface area contributed by atoms with E-state index in [9.17, 15) is 0 Å². The normalized spacial score (nSPS) is 22.4. The molecule has 0 spiro atoms. The molecule has 2 unspecified atom stereocenters. The first kappa shape index (κ1) is 9.74. The predicted molar refractivity (Wildman–Crippen MR) is 55.9 cm³/mol. The standard InChI is InChI=1S/C11H18N2O/c1-9(12)11(10-5-4-8-14-10)13-6-2-3-7-13/h4-5,8-9,11H,2-3,6-7,12H2,1H3. The lowest BCUT2D eigenvalue weighted by molar-refractivity contribution is 0.191. The molecule has 1 aromatic heterocycles. The van der Waals surface area contributed by atoms with Crippen molar-refractivity contribution in [1.82, 2.24) is 4.90 Å². The lowest BCUT2D eigenvalue weighted by Gasteiger charge is -2.28. The number of nitrogens with two attached hydrogens (primary N) is 1. The second-order valence-corrected chi connectivity index (χ2v) is 4.06. The van der Waals surface area contributed by atoms with E-state index in [-0.39, 0.29) is 12.1 Å². The van der Waals surface area contributed by atoms with Crippen LogP contribution in [-0.4, -0.2) is 24.0 Å². The Labute approximate surface area is 84.9 Å². The maximum Gasteiger partial charge on any atom is 0.122 e. The van der Waals surface area contributed by atoms with Gasteiger partial charge in [-0.3, -0.25) is 4.90 Å². The van der Waals surface area contributed by atoms with Crippen LogP contribution in [0.4, 0.5) is 0 Å². The highest BCUT2D eigenvalue weighted by Gasteiger charge is 2.28. The average molecular weight is 194 g/mol. The van der Waals surface area contributed by atoms with E-state index >= 15 is 0 Å². The van der Waals surface area contributed by atoms with Crippen LogP contribution in [0, 0.1) is 0 Å².